The summed E-state index contributed by atoms with van der Waals surface area (Å²) in [5.74, 6) is -0.587. The maximum Gasteiger partial charge on any atom is 0.374 e. The molecule has 1 N–H and O–H groups in total. The van der Waals surface area contributed by atoms with Gasteiger partial charge in [0.25, 0.3) is 0 Å². The smallest absolute Gasteiger partial charge is 0.374 e. The molecule has 0 radical (unpaired) electrons. The fraction of sp³-hybridized carbons (Fsp3) is 0.333. The van der Waals surface area contributed by atoms with Crippen LogP contribution in [-0.2, 0) is 12.8 Å². The molecule has 0 bridgehead atoms. The van der Waals surface area contributed by atoms with Crippen LogP contribution in [-0.4, -0.2) is 23.3 Å². The van der Waals surface area contributed by atoms with Gasteiger partial charge >= 0.3 is 5.97 Å². The lowest BCUT2D eigenvalue weighted by molar-refractivity contribution is 0.0652. The molecule has 0 unspecified atom stereocenters. The van der Waals surface area contributed by atoms with Crippen LogP contribution in [0.4, 0.5) is 0 Å². The Kier molecular flexibility index (Phi) is 3.18. The van der Waals surface area contributed by atoms with E-state index in [9.17, 15) is 4.79 Å². The van der Waals surface area contributed by atoms with E-state index in [0.29, 0.717) is 11.4 Å². The molecule has 0 aliphatic heterocycles. The minimum Gasteiger partial charge on any atom is -0.496 e. The van der Waals surface area contributed by atoms with Gasteiger partial charge in [0.2, 0.25) is 5.76 Å². The number of aromatic carboxylic acids is 1. The maximum atomic E-state index is 10.9. The number of hydrogen-bond acceptors (Lipinski definition) is 4. The molecule has 0 amide bonds. The Morgan fingerprint density at radius 3 is 2.55 bits per heavy atom. The Hall–Kier alpha value is -2.30. The van der Waals surface area contributed by atoms with Crippen molar-refractivity contribution >= 4 is 5.97 Å². The van der Waals surface area contributed by atoms with Gasteiger partial charge in [-0.1, -0.05) is 5.16 Å². The average molecular weight is 273 g/mol. The van der Waals surface area contributed by atoms with Crippen molar-refractivity contribution in [2.45, 2.75) is 25.7 Å². The van der Waals surface area contributed by atoms with Crippen molar-refractivity contribution in [3.63, 3.8) is 0 Å². The number of carbonyl (C=O) groups is 1. The van der Waals surface area contributed by atoms with Gasteiger partial charge in [-0.25, -0.2) is 4.79 Å². The van der Waals surface area contributed by atoms with E-state index in [4.69, 9.17) is 14.4 Å². The van der Waals surface area contributed by atoms with Gasteiger partial charge in [-0.3, -0.25) is 0 Å². The van der Waals surface area contributed by atoms with E-state index in [1.807, 2.05) is 12.1 Å². The zero-order valence-corrected chi connectivity index (χ0v) is 11.2. The maximum absolute atomic E-state index is 10.9. The van der Waals surface area contributed by atoms with Crippen LogP contribution < -0.4 is 4.74 Å². The summed E-state index contributed by atoms with van der Waals surface area (Å²) in [4.78, 5) is 10.9. The minimum absolute atomic E-state index is 0.167. The topological polar surface area (TPSA) is 72.6 Å². The Balaban J connectivity index is 2.08. The van der Waals surface area contributed by atoms with Crippen molar-refractivity contribution in [3.05, 3.63) is 35.1 Å². The van der Waals surface area contributed by atoms with Crippen LogP contribution in [0.5, 0.6) is 5.75 Å². The van der Waals surface area contributed by atoms with Crippen LogP contribution in [0.15, 0.2) is 22.7 Å². The van der Waals surface area contributed by atoms with Crippen LogP contribution in [0.25, 0.3) is 11.3 Å². The lowest BCUT2D eigenvalue weighted by atomic mass is 9.89. The molecule has 1 aromatic heterocycles. The van der Waals surface area contributed by atoms with Gasteiger partial charge in [-0.05, 0) is 48.9 Å². The van der Waals surface area contributed by atoms with Gasteiger partial charge in [-0.2, -0.15) is 0 Å². The molecule has 1 aromatic carbocycles. The number of ether oxygens (including phenoxy) is 1. The van der Waals surface area contributed by atoms with Gasteiger partial charge in [0.15, 0.2) is 0 Å². The van der Waals surface area contributed by atoms with E-state index in [-0.39, 0.29) is 5.76 Å². The second-order valence-corrected chi connectivity index (χ2v) is 4.91. The van der Waals surface area contributed by atoms with Crippen LogP contribution in [0.1, 0.15) is 34.5 Å². The number of aromatic nitrogens is 1. The molecule has 1 aliphatic rings. The van der Waals surface area contributed by atoms with Gasteiger partial charge < -0.3 is 14.4 Å². The quantitative estimate of drug-likeness (QED) is 0.930. The highest BCUT2D eigenvalue weighted by Crippen LogP contribution is 2.35. The summed E-state index contributed by atoms with van der Waals surface area (Å²) in [6, 6.07) is 5.49. The third-order valence-electron chi connectivity index (χ3n) is 3.66. The molecule has 0 atom stereocenters. The Labute approximate surface area is 116 Å². The molecule has 0 fully saturated rings. The van der Waals surface area contributed by atoms with E-state index in [1.54, 1.807) is 7.11 Å². The Morgan fingerprint density at radius 1 is 1.25 bits per heavy atom. The van der Waals surface area contributed by atoms with Crippen LogP contribution >= 0.6 is 0 Å². The molecular formula is C15H15NO4. The summed E-state index contributed by atoms with van der Waals surface area (Å²) in [5, 5.41) is 12.7. The highest BCUT2D eigenvalue weighted by atomic mass is 16.5. The number of carboxylic acid groups (broad SMARTS) is 1. The first-order valence-electron chi connectivity index (χ1n) is 6.59. The summed E-state index contributed by atoms with van der Waals surface area (Å²) in [5.41, 5.74) is 3.86. The second kappa shape index (κ2) is 5.00. The number of benzene rings is 1. The van der Waals surface area contributed by atoms with Crippen LogP contribution in [0.2, 0.25) is 0 Å². The van der Waals surface area contributed by atoms with Crippen molar-refractivity contribution in [1.82, 2.24) is 5.16 Å². The molecule has 0 saturated heterocycles. The average Bonchev–Trinajstić information content (AvgIpc) is 2.95. The van der Waals surface area contributed by atoms with Crippen molar-refractivity contribution in [1.29, 1.82) is 0 Å². The summed E-state index contributed by atoms with van der Waals surface area (Å²) in [6.07, 6.45) is 4.47. The monoisotopic (exact) mass is 273 g/mol. The number of hydrogen-bond donors (Lipinski definition) is 1. The third-order valence-corrected chi connectivity index (χ3v) is 3.66. The van der Waals surface area contributed by atoms with Gasteiger partial charge in [0.05, 0.1) is 7.11 Å². The van der Waals surface area contributed by atoms with Gasteiger partial charge in [0.1, 0.15) is 11.4 Å². The summed E-state index contributed by atoms with van der Waals surface area (Å²) < 4.78 is 10.2. The second-order valence-electron chi connectivity index (χ2n) is 4.91. The van der Waals surface area contributed by atoms with Crippen LogP contribution in [0, 0.1) is 0 Å². The van der Waals surface area contributed by atoms with Crippen molar-refractivity contribution in [2.75, 3.05) is 7.11 Å². The number of aryl methyl sites for hydroxylation is 2. The predicted molar refractivity (Wildman–Crippen MR) is 72.1 cm³/mol. The highest BCUT2D eigenvalue weighted by molar-refractivity contribution is 5.86. The van der Waals surface area contributed by atoms with Gasteiger partial charge in [0, 0.05) is 11.6 Å². The SMILES string of the molecule is COc1cc2c(cc1-c1cc(C(=O)O)on1)CCCC2. The summed E-state index contributed by atoms with van der Waals surface area (Å²) >= 11 is 0. The number of rotatable bonds is 3. The van der Waals surface area contributed by atoms with E-state index >= 15 is 0 Å². The van der Waals surface area contributed by atoms with E-state index in [2.05, 4.69) is 5.16 Å². The van der Waals surface area contributed by atoms with E-state index < -0.39 is 5.97 Å². The standard InChI is InChI=1S/C15H15NO4/c1-19-13-7-10-5-3-2-4-9(10)6-11(13)12-8-14(15(17)18)20-16-12/h6-8H,2-5H2,1H3,(H,17,18). The molecule has 20 heavy (non-hydrogen) atoms. The lowest BCUT2D eigenvalue weighted by Gasteiger charge is -2.18. The summed E-state index contributed by atoms with van der Waals surface area (Å²) in [7, 11) is 1.60. The Morgan fingerprint density at radius 2 is 1.95 bits per heavy atom. The molecule has 3 rings (SSSR count). The molecule has 0 saturated carbocycles. The fourth-order valence-electron chi connectivity index (χ4n) is 2.64. The lowest BCUT2D eigenvalue weighted by Crippen LogP contribution is -2.04. The Bertz CT molecular complexity index is 660. The zero-order chi connectivity index (χ0) is 14.1. The first kappa shape index (κ1) is 12.7. The first-order chi connectivity index (χ1) is 9.69. The summed E-state index contributed by atoms with van der Waals surface area (Å²) in [6.45, 7) is 0. The first-order valence-corrected chi connectivity index (χ1v) is 6.59. The van der Waals surface area contributed by atoms with Crippen molar-refractivity contribution in [3.8, 4) is 17.0 Å². The number of nitrogens with zero attached hydrogens (tertiary/aromatic N) is 1. The zero-order valence-electron chi connectivity index (χ0n) is 11.2. The molecule has 5 heteroatoms. The van der Waals surface area contributed by atoms with E-state index in [0.717, 1.165) is 18.4 Å². The predicted octanol–water partition coefficient (Wildman–Crippen LogP) is 2.93. The van der Waals surface area contributed by atoms with Crippen molar-refractivity contribution < 1.29 is 19.2 Å². The van der Waals surface area contributed by atoms with E-state index in [1.165, 1.54) is 30.0 Å². The minimum atomic E-state index is -1.12. The molecule has 1 heterocycles. The molecule has 5 nitrogen and oxygen atoms in total. The molecule has 2 aromatic rings. The van der Waals surface area contributed by atoms with Crippen molar-refractivity contribution in [2.24, 2.45) is 0 Å². The normalized spacial score (nSPS) is 13.8. The molecule has 0 spiro atoms. The fourth-order valence-corrected chi connectivity index (χ4v) is 2.64. The molecular weight excluding hydrogens is 258 g/mol. The third kappa shape index (κ3) is 2.15. The number of fused-ring (bicyclic) bond motifs is 1. The number of methoxy groups -OCH3 is 1. The largest absolute Gasteiger partial charge is 0.496 e. The number of carboxylic acids is 1. The molecule has 104 valence electrons. The van der Waals surface area contributed by atoms with Gasteiger partial charge in [-0.15, -0.1) is 0 Å². The van der Waals surface area contributed by atoms with Crippen LogP contribution in [0.3, 0.4) is 0 Å². The molecule has 1 aliphatic carbocycles. The highest BCUT2D eigenvalue weighted by Gasteiger charge is 2.19.